The average Bonchev–Trinajstić information content (AvgIpc) is 3.03. The Morgan fingerprint density at radius 2 is 1.32 bits per heavy atom. The molecule has 3 nitrogen and oxygen atoms in total. The first-order valence-corrected chi connectivity index (χ1v) is 11.4. The summed E-state index contributed by atoms with van der Waals surface area (Å²) in [5.41, 5.74) is 4.44. The summed E-state index contributed by atoms with van der Waals surface area (Å²) in [5, 5.41) is 0. The summed E-state index contributed by atoms with van der Waals surface area (Å²) >= 11 is 0. The highest BCUT2D eigenvalue weighted by atomic mass is 28.3. The lowest BCUT2D eigenvalue weighted by molar-refractivity contribution is 0.355. The molecule has 4 heteroatoms. The van der Waals surface area contributed by atoms with Crippen LogP contribution >= 0.6 is 0 Å². The Balaban J connectivity index is 2.52. The van der Waals surface area contributed by atoms with E-state index < -0.39 is 8.24 Å². The topological polar surface area (TPSA) is 23.4 Å². The second-order valence-electron chi connectivity index (χ2n) is 7.73. The van der Waals surface area contributed by atoms with Gasteiger partial charge in [0.2, 0.25) is 0 Å². The monoisotopic (exact) mass is 359 g/mol. The van der Waals surface area contributed by atoms with Crippen LogP contribution in [0.15, 0.2) is 36.7 Å². The van der Waals surface area contributed by atoms with E-state index in [2.05, 4.69) is 76.4 Å². The molecule has 0 saturated carbocycles. The number of hydrogen-bond donors (Lipinski definition) is 0. The van der Waals surface area contributed by atoms with E-state index >= 15 is 0 Å². The van der Waals surface area contributed by atoms with Crippen LogP contribution in [0.1, 0.15) is 41.5 Å². The summed E-state index contributed by atoms with van der Waals surface area (Å²) in [5.74, 6) is 1.54. The largest absolute Gasteiger partial charge is 0.493 e. The highest BCUT2D eigenvalue weighted by molar-refractivity contribution is 6.82. The molecule has 0 bridgehead atoms. The molecule has 0 spiro atoms. The first kappa shape index (κ1) is 19.6. The zero-order valence-corrected chi connectivity index (χ0v) is 18.0. The molecule has 0 aliphatic heterocycles. The van der Waals surface area contributed by atoms with Gasteiger partial charge in [0.05, 0.1) is 14.2 Å². The van der Waals surface area contributed by atoms with Crippen LogP contribution in [0.25, 0.3) is 11.1 Å². The van der Waals surface area contributed by atoms with Crippen LogP contribution in [-0.4, -0.2) is 26.7 Å². The van der Waals surface area contributed by atoms with Gasteiger partial charge in [-0.3, -0.25) is 0 Å². The SMILES string of the molecule is COc1ccc(-c2ccn([Si](C(C)C)(C(C)C)C(C)C)c2)cc1OC. The van der Waals surface area contributed by atoms with Crippen LogP contribution in [0, 0.1) is 0 Å². The van der Waals surface area contributed by atoms with Gasteiger partial charge in [-0.25, -0.2) is 0 Å². The molecule has 2 aromatic rings. The van der Waals surface area contributed by atoms with Crippen molar-refractivity contribution in [2.75, 3.05) is 14.2 Å². The molecule has 0 amide bonds. The molecule has 1 aromatic carbocycles. The van der Waals surface area contributed by atoms with Crippen LogP contribution in [0.3, 0.4) is 0 Å². The molecule has 0 saturated heterocycles. The van der Waals surface area contributed by atoms with E-state index in [1.165, 1.54) is 5.56 Å². The number of benzene rings is 1. The van der Waals surface area contributed by atoms with Gasteiger partial charge in [0, 0.05) is 6.20 Å². The number of ether oxygens (including phenoxy) is 2. The molecular weight excluding hydrogens is 326 g/mol. The van der Waals surface area contributed by atoms with Crippen LogP contribution in [0.5, 0.6) is 11.5 Å². The summed E-state index contributed by atoms with van der Waals surface area (Å²) in [6.45, 7) is 14.3. The quantitative estimate of drug-likeness (QED) is 0.550. The summed E-state index contributed by atoms with van der Waals surface area (Å²) < 4.78 is 13.4. The van der Waals surface area contributed by atoms with Gasteiger partial charge in [0.25, 0.3) is 0 Å². The van der Waals surface area contributed by atoms with E-state index in [-0.39, 0.29) is 0 Å². The highest BCUT2D eigenvalue weighted by Gasteiger charge is 2.44. The van der Waals surface area contributed by atoms with Gasteiger partial charge in [0.15, 0.2) is 19.7 Å². The lowest BCUT2D eigenvalue weighted by atomic mass is 10.1. The van der Waals surface area contributed by atoms with Gasteiger partial charge in [-0.05, 0) is 52.1 Å². The summed E-state index contributed by atoms with van der Waals surface area (Å²) in [7, 11) is 1.66. The first-order chi connectivity index (χ1) is 11.8. The van der Waals surface area contributed by atoms with E-state index in [1.54, 1.807) is 14.2 Å². The number of methoxy groups -OCH3 is 2. The van der Waals surface area contributed by atoms with Gasteiger partial charge in [-0.15, -0.1) is 0 Å². The Kier molecular flexibility index (Phi) is 6.04. The van der Waals surface area contributed by atoms with E-state index in [0.717, 1.165) is 17.1 Å². The Morgan fingerprint density at radius 3 is 1.80 bits per heavy atom. The highest BCUT2D eigenvalue weighted by Crippen LogP contribution is 2.43. The molecule has 25 heavy (non-hydrogen) atoms. The van der Waals surface area contributed by atoms with Crippen molar-refractivity contribution in [3.05, 3.63) is 36.7 Å². The summed E-state index contributed by atoms with van der Waals surface area (Å²) in [4.78, 5) is 0. The minimum Gasteiger partial charge on any atom is -0.493 e. The van der Waals surface area contributed by atoms with Crippen molar-refractivity contribution in [1.82, 2.24) is 4.23 Å². The van der Waals surface area contributed by atoms with Gasteiger partial charge < -0.3 is 13.7 Å². The van der Waals surface area contributed by atoms with Gasteiger partial charge in [0.1, 0.15) is 0 Å². The molecule has 1 aromatic heterocycles. The average molecular weight is 360 g/mol. The minimum atomic E-state index is -1.69. The molecule has 0 N–H and O–H groups in total. The zero-order valence-electron chi connectivity index (χ0n) is 17.0. The molecule has 0 radical (unpaired) electrons. The summed E-state index contributed by atoms with van der Waals surface area (Å²) in [6.07, 6.45) is 4.63. The van der Waals surface area contributed by atoms with Crippen molar-refractivity contribution in [3.8, 4) is 22.6 Å². The molecule has 0 aliphatic rings. The van der Waals surface area contributed by atoms with Crippen LogP contribution in [0.2, 0.25) is 16.6 Å². The third kappa shape index (κ3) is 3.37. The predicted molar refractivity (Wildman–Crippen MR) is 109 cm³/mol. The van der Waals surface area contributed by atoms with Crippen molar-refractivity contribution in [1.29, 1.82) is 0 Å². The van der Waals surface area contributed by atoms with E-state index in [9.17, 15) is 0 Å². The molecule has 138 valence electrons. The van der Waals surface area contributed by atoms with Crippen LogP contribution < -0.4 is 9.47 Å². The zero-order chi connectivity index (χ0) is 18.8. The lowest BCUT2D eigenvalue weighted by Gasteiger charge is -2.44. The fraction of sp³-hybridized carbons (Fsp3) is 0.524. The van der Waals surface area contributed by atoms with E-state index in [1.807, 2.05) is 6.07 Å². The van der Waals surface area contributed by atoms with Gasteiger partial charge >= 0.3 is 0 Å². The second kappa shape index (κ2) is 7.69. The normalized spacial score (nSPS) is 12.3. The maximum atomic E-state index is 5.46. The Bertz CT molecular complexity index is 682. The predicted octanol–water partition coefficient (Wildman–Crippen LogP) is 6.20. The fourth-order valence-corrected chi connectivity index (χ4v) is 11.2. The molecule has 2 rings (SSSR count). The number of hydrogen-bond acceptors (Lipinski definition) is 2. The van der Waals surface area contributed by atoms with Crippen molar-refractivity contribution < 1.29 is 9.47 Å². The van der Waals surface area contributed by atoms with E-state index in [0.29, 0.717) is 16.6 Å². The number of nitrogens with zero attached hydrogens (tertiary/aromatic N) is 1. The van der Waals surface area contributed by atoms with Crippen molar-refractivity contribution in [3.63, 3.8) is 0 Å². The maximum Gasteiger partial charge on any atom is 0.168 e. The first-order valence-electron chi connectivity index (χ1n) is 9.19. The van der Waals surface area contributed by atoms with Gasteiger partial charge in [-0.2, -0.15) is 0 Å². The molecule has 0 fully saturated rings. The fourth-order valence-electron chi connectivity index (χ4n) is 4.72. The Hall–Kier alpha value is -1.68. The minimum absolute atomic E-state index is 0.679. The molecule has 1 heterocycles. The molecular formula is C21H33NO2Si. The van der Waals surface area contributed by atoms with Gasteiger partial charge in [-0.1, -0.05) is 47.6 Å². The molecule has 0 atom stereocenters. The number of rotatable bonds is 7. The standard InChI is InChI=1S/C21H33NO2Si/c1-15(2)25(16(3)4,17(5)6)22-12-11-19(14-22)18-9-10-20(23-7)21(13-18)24-8/h9-17H,1-8H3. The van der Waals surface area contributed by atoms with E-state index in [4.69, 9.17) is 9.47 Å². The molecule has 0 unspecified atom stereocenters. The third-order valence-corrected chi connectivity index (χ3v) is 12.4. The van der Waals surface area contributed by atoms with Crippen molar-refractivity contribution in [2.45, 2.75) is 58.2 Å². The van der Waals surface area contributed by atoms with Crippen LogP contribution in [-0.2, 0) is 0 Å². The molecule has 0 aliphatic carbocycles. The smallest absolute Gasteiger partial charge is 0.168 e. The van der Waals surface area contributed by atoms with Crippen molar-refractivity contribution >= 4 is 8.24 Å². The Labute approximate surface area is 154 Å². The van der Waals surface area contributed by atoms with Crippen LogP contribution in [0.4, 0.5) is 0 Å². The van der Waals surface area contributed by atoms with Crippen molar-refractivity contribution in [2.24, 2.45) is 0 Å². The second-order valence-corrected chi connectivity index (χ2v) is 13.5. The summed E-state index contributed by atoms with van der Waals surface area (Å²) in [6, 6.07) is 8.37. The Morgan fingerprint density at radius 1 is 0.760 bits per heavy atom. The number of aromatic nitrogens is 1. The maximum absolute atomic E-state index is 5.46. The lowest BCUT2D eigenvalue weighted by Crippen LogP contribution is -2.51. The third-order valence-electron chi connectivity index (χ3n) is 5.63.